The van der Waals surface area contributed by atoms with Gasteiger partial charge in [-0.3, -0.25) is 4.90 Å². The van der Waals surface area contributed by atoms with Crippen LogP contribution in [0.2, 0.25) is 0 Å². The molecule has 8 heteroatoms. The summed E-state index contributed by atoms with van der Waals surface area (Å²) in [6.45, 7) is 3.01. The number of ether oxygens (including phenoxy) is 2. The number of likely N-dealkylation sites (tertiary alicyclic amines) is 2. The number of aromatic nitrogens is 1. The van der Waals surface area contributed by atoms with Gasteiger partial charge in [-0.2, -0.15) is 0 Å². The fraction of sp³-hybridized carbons (Fsp3) is 0.568. The zero-order chi connectivity index (χ0) is 29.8. The van der Waals surface area contributed by atoms with E-state index in [-0.39, 0.29) is 35.2 Å². The Bertz CT molecular complexity index is 1900. The van der Waals surface area contributed by atoms with Crippen LogP contribution in [0.5, 0.6) is 23.0 Å². The van der Waals surface area contributed by atoms with Crippen molar-refractivity contribution in [2.75, 3.05) is 26.7 Å². The molecule has 1 aromatic heterocycles. The third-order valence-electron chi connectivity index (χ3n) is 14.6. The molecule has 4 bridgehead atoms. The number of aromatic hydroxyl groups is 2. The van der Waals surface area contributed by atoms with Crippen LogP contribution in [0.1, 0.15) is 82.7 Å². The van der Waals surface area contributed by atoms with Gasteiger partial charge in [-0.05, 0) is 111 Å². The Balaban J connectivity index is 1.09. The van der Waals surface area contributed by atoms with Crippen LogP contribution in [0.3, 0.4) is 0 Å². The first kappa shape index (κ1) is 25.0. The topological polar surface area (TPSA) is 101 Å². The predicted octanol–water partition coefficient (Wildman–Crippen LogP) is 3.93. The van der Waals surface area contributed by atoms with Crippen LogP contribution < -0.4 is 9.47 Å². The molecule has 0 unspecified atom stereocenters. The second kappa shape index (κ2) is 7.50. The number of nitrogens with zero attached hydrogens (tertiary/aromatic N) is 2. The van der Waals surface area contributed by atoms with Gasteiger partial charge in [-0.25, -0.2) is 0 Å². The van der Waals surface area contributed by atoms with Gasteiger partial charge in [0, 0.05) is 41.6 Å². The van der Waals surface area contributed by atoms with Gasteiger partial charge in [0.15, 0.2) is 29.1 Å². The third kappa shape index (κ3) is 2.53. The molecule has 2 aromatic carbocycles. The number of aromatic amines is 1. The summed E-state index contributed by atoms with van der Waals surface area (Å²) in [6, 6.07) is 8.24. The number of phenols is 2. The van der Waals surface area contributed by atoms with E-state index >= 15 is 0 Å². The zero-order valence-corrected chi connectivity index (χ0v) is 25.6. The van der Waals surface area contributed by atoms with Crippen molar-refractivity contribution in [1.29, 1.82) is 0 Å². The van der Waals surface area contributed by atoms with E-state index in [1.165, 1.54) is 40.7 Å². The first-order valence-corrected chi connectivity index (χ1v) is 17.3. The Labute approximate surface area is 261 Å². The Morgan fingerprint density at radius 1 is 0.867 bits per heavy atom. The lowest BCUT2D eigenvalue weighted by atomic mass is 9.48. The normalized spacial score (nSPS) is 40.6. The van der Waals surface area contributed by atoms with Crippen LogP contribution in [-0.4, -0.2) is 74.5 Å². The van der Waals surface area contributed by atoms with Crippen LogP contribution in [0.4, 0.5) is 0 Å². The molecule has 9 aliphatic rings. The van der Waals surface area contributed by atoms with Crippen molar-refractivity contribution in [2.24, 2.45) is 11.8 Å². The highest BCUT2D eigenvalue weighted by atomic mass is 16.5. The molecule has 1 saturated carbocycles. The maximum atomic E-state index is 13.4. The third-order valence-corrected chi connectivity index (χ3v) is 14.6. The highest BCUT2D eigenvalue weighted by molar-refractivity contribution is 5.67. The summed E-state index contributed by atoms with van der Waals surface area (Å²) in [5, 5.41) is 35.6. The van der Waals surface area contributed by atoms with E-state index in [9.17, 15) is 15.3 Å². The molecule has 2 saturated heterocycles. The molecule has 5 aliphatic carbocycles. The van der Waals surface area contributed by atoms with E-state index in [0.29, 0.717) is 29.9 Å². The molecule has 3 aromatic rings. The van der Waals surface area contributed by atoms with Gasteiger partial charge in [0.05, 0.1) is 22.4 Å². The molecule has 4 aliphatic heterocycles. The SMILES string of the molecule is CN1CC[C@]23c4c5ccc(O)c4O[C@H]2c2[nH]c4c(c2C[C@H]3[C@H]1C5)C[C@@]1(O)[C@H]2Cc3ccc(O)c5c3[C@@]1(CCN2CC1CC1)[C@H]4O5. The van der Waals surface area contributed by atoms with Gasteiger partial charge in [0.1, 0.15) is 6.10 Å². The van der Waals surface area contributed by atoms with Crippen LogP contribution in [0.25, 0.3) is 0 Å². The Hall–Kier alpha value is -3.20. The molecule has 2 spiro atoms. The number of aliphatic hydroxyl groups is 1. The van der Waals surface area contributed by atoms with E-state index in [0.717, 1.165) is 74.6 Å². The number of piperidine rings is 2. The predicted molar refractivity (Wildman–Crippen MR) is 164 cm³/mol. The average Bonchev–Trinajstić information content (AvgIpc) is 3.52. The summed E-state index contributed by atoms with van der Waals surface area (Å²) in [6.07, 6.45) is 7.08. The summed E-state index contributed by atoms with van der Waals surface area (Å²) >= 11 is 0. The van der Waals surface area contributed by atoms with Crippen molar-refractivity contribution in [2.45, 2.75) is 92.1 Å². The lowest BCUT2D eigenvalue weighted by Crippen LogP contribution is -2.74. The van der Waals surface area contributed by atoms with Crippen molar-refractivity contribution in [3.8, 4) is 23.0 Å². The second-order valence-electron chi connectivity index (χ2n) is 16.1. The fourth-order valence-electron chi connectivity index (χ4n) is 12.6. The monoisotopic (exact) mass is 605 g/mol. The second-order valence-corrected chi connectivity index (χ2v) is 16.1. The van der Waals surface area contributed by atoms with Crippen LogP contribution in [0, 0.1) is 11.8 Å². The first-order valence-electron chi connectivity index (χ1n) is 17.3. The summed E-state index contributed by atoms with van der Waals surface area (Å²) in [7, 11) is 2.27. The number of phenolic OH excluding ortho intramolecular Hbond substituents is 2. The minimum atomic E-state index is -1.00. The Morgan fingerprint density at radius 2 is 1.60 bits per heavy atom. The maximum Gasteiger partial charge on any atom is 0.166 e. The highest BCUT2D eigenvalue weighted by Crippen LogP contribution is 2.72. The van der Waals surface area contributed by atoms with Crippen molar-refractivity contribution in [3.63, 3.8) is 0 Å². The maximum absolute atomic E-state index is 13.4. The van der Waals surface area contributed by atoms with Gasteiger partial charge in [0.25, 0.3) is 0 Å². The van der Waals surface area contributed by atoms with Gasteiger partial charge >= 0.3 is 0 Å². The number of hydrogen-bond donors (Lipinski definition) is 4. The number of H-pyrrole nitrogens is 1. The summed E-state index contributed by atoms with van der Waals surface area (Å²) in [5.74, 6) is 2.79. The molecule has 0 amide bonds. The largest absolute Gasteiger partial charge is 0.504 e. The molecular weight excluding hydrogens is 566 g/mol. The lowest BCUT2D eigenvalue weighted by Gasteiger charge is -2.63. The lowest BCUT2D eigenvalue weighted by molar-refractivity contribution is -0.173. The Kier molecular flexibility index (Phi) is 4.16. The van der Waals surface area contributed by atoms with Crippen LogP contribution in [-0.2, 0) is 36.5 Å². The minimum absolute atomic E-state index is 0.0151. The number of hydrogen-bond acceptors (Lipinski definition) is 7. The van der Waals surface area contributed by atoms with E-state index in [2.05, 4.69) is 34.0 Å². The van der Waals surface area contributed by atoms with E-state index < -0.39 is 11.0 Å². The minimum Gasteiger partial charge on any atom is -0.504 e. The summed E-state index contributed by atoms with van der Waals surface area (Å²) < 4.78 is 13.8. The molecular formula is C37H39N3O5. The molecule has 5 heterocycles. The van der Waals surface area contributed by atoms with Crippen LogP contribution in [0.15, 0.2) is 24.3 Å². The number of rotatable bonds is 2. The smallest absolute Gasteiger partial charge is 0.166 e. The molecule has 12 rings (SSSR count). The number of likely N-dealkylation sites (N-methyl/N-ethyl adjacent to an activating group) is 1. The number of fused-ring (bicyclic) bond motifs is 5. The first-order chi connectivity index (χ1) is 21.8. The van der Waals surface area contributed by atoms with Gasteiger partial charge in [-0.1, -0.05) is 12.1 Å². The molecule has 3 fully saturated rings. The van der Waals surface area contributed by atoms with Crippen molar-refractivity contribution >= 4 is 0 Å². The molecule has 232 valence electrons. The highest BCUT2D eigenvalue weighted by Gasteiger charge is 2.74. The number of nitrogens with one attached hydrogen (secondary N) is 1. The zero-order valence-electron chi connectivity index (χ0n) is 25.6. The quantitative estimate of drug-likeness (QED) is 0.351. The van der Waals surface area contributed by atoms with Crippen molar-refractivity contribution < 1.29 is 24.8 Å². The standard InChI is InChI=1S/C37H39N3O5/c1-39-10-8-35-22-14-20-21-15-37(43)26-13-19-5-7-25(42)32-28(19)36(37,9-11-40(26)16-17-2-3-17)34(45-32)30(21)38-29(20)33(35)44-31-24(41)6-4-18(27(31)35)12-23(22)39/h4-7,17,22-23,26,33-34,38,41-43H,2-3,8-16H2,1H3/t22-,23+,26+,33-,34-,35-,36-,37+/m0/s1. The van der Waals surface area contributed by atoms with Gasteiger partial charge < -0.3 is 34.7 Å². The average molecular weight is 606 g/mol. The van der Waals surface area contributed by atoms with Gasteiger partial charge in [0.2, 0.25) is 0 Å². The molecule has 8 atom stereocenters. The van der Waals surface area contributed by atoms with Crippen molar-refractivity contribution in [3.05, 3.63) is 69.0 Å². The number of benzene rings is 2. The molecule has 8 nitrogen and oxygen atoms in total. The van der Waals surface area contributed by atoms with Crippen molar-refractivity contribution in [1.82, 2.24) is 14.8 Å². The van der Waals surface area contributed by atoms with Gasteiger partial charge in [-0.15, -0.1) is 0 Å². The Morgan fingerprint density at radius 3 is 2.40 bits per heavy atom. The summed E-state index contributed by atoms with van der Waals surface area (Å²) in [5.41, 5.74) is 7.77. The van der Waals surface area contributed by atoms with E-state index in [4.69, 9.17) is 9.47 Å². The molecule has 45 heavy (non-hydrogen) atoms. The molecule has 4 N–H and O–H groups in total. The molecule has 0 radical (unpaired) electrons. The summed E-state index contributed by atoms with van der Waals surface area (Å²) in [4.78, 5) is 9.12. The fourth-order valence-corrected chi connectivity index (χ4v) is 12.6. The van der Waals surface area contributed by atoms with E-state index in [1.54, 1.807) is 6.07 Å². The van der Waals surface area contributed by atoms with E-state index in [1.807, 2.05) is 6.07 Å². The van der Waals surface area contributed by atoms with Crippen LogP contribution >= 0.6 is 0 Å².